The molecule has 168 valence electrons. The minimum atomic E-state index is -1.30. The maximum Gasteiger partial charge on any atom is 0.285 e. The Morgan fingerprint density at radius 1 is 0.853 bits per heavy atom. The average Bonchev–Trinajstić information content (AvgIpc) is 3.40. The molecule has 0 fully saturated rings. The molecule has 0 saturated carbocycles. The minimum Gasteiger partial charge on any atom is -0.507 e. The topological polar surface area (TPSA) is 79.8 Å². The van der Waals surface area contributed by atoms with Gasteiger partial charge in [0.1, 0.15) is 5.75 Å². The Kier molecular flexibility index (Phi) is 4.05. The van der Waals surface area contributed by atoms with E-state index in [2.05, 4.69) is 5.10 Å². The Labute approximate surface area is 195 Å². The van der Waals surface area contributed by atoms with Gasteiger partial charge in [0.25, 0.3) is 11.5 Å². The summed E-state index contributed by atoms with van der Waals surface area (Å²) in [5.41, 5.74) is 3.05. The van der Waals surface area contributed by atoms with Crippen LogP contribution in [0.5, 0.6) is 5.75 Å². The van der Waals surface area contributed by atoms with Crippen LogP contribution in [0.15, 0.2) is 82.7 Å². The van der Waals surface area contributed by atoms with Crippen molar-refractivity contribution in [3.63, 3.8) is 0 Å². The number of carbonyl (C=O) groups is 1. The van der Waals surface area contributed by atoms with Crippen LogP contribution in [0.25, 0.3) is 16.8 Å². The third kappa shape index (κ3) is 2.28. The lowest BCUT2D eigenvalue weighted by Crippen LogP contribution is -2.48. The zero-order valence-electron chi connectivity index (χ0n) is 19.0. The van der Waals surface area contributed by atoms with E-state index >= 15 is 0 Å². The molecule has 7 heteroatoms. The zero-order valence-corrected chi connectivity index (χ0v) is 19.0. The van der Waals surface area contributed by atoms with Crippen molar-refractivity contribution < 1.29 is 9.90 Å². The number of hydrogen-bond donors (Lipinski definition) is 1. The van der Waals surface area contributed by atoms with Crippen LogP contribution < -0.4 is 10.6 Å². The molecule has 1 atom stereocenters. The largest absolute Gasteiger partial charge is 0.507 e. The van der Waals surface area contributed by atoms with Crippen molar-refractivity contribution in [1.82, 2.24) is 9.36 Å². The zero-order chi connectivity index (χ0) is 23.8. The van der Waals surface area contributed by atoms with Crippen LogP contribution in [0.1, 0.15) is 23.7 Å². The second-order valence-electron chi connectivity index (χ2n) is 8.73. The average molecular weight is 450 g/mol. The van der Waals surface area contributed by atoms with E-state index < -0.39 is 5.54 Å². The summed E-state index contributed by atoms with van der Waals surface area (Å²) in [5.74, 6) is -0.197. The smallest absolute Gasteiger partial charge is 0.285 e. The number of aromatic nitrogens is 2. The van der Waals surface area contributed by atoms with Crippen molar-refractivity contribution in [2.45, 2.75) is 26.3 Å². The minimum absolute atomic E-state index is 0.0592. The first-order chi connectivity index (χ1) is 16.4. The Hall–Kier alpha value is -4.39. The lowest BCUT2D eigenvalue weighted by Gasteiger charge is -2.27. The van der Waals surface area contributed by atoms with E-state index in [1.807, 2.05) is 74.5 Å². The van der Waals surface area contributed by atoms with Gasteiger partial charge < -0.3 is 5.11 Å². The van der Waals surface area contributed by atoms with Crippen LogP contribution >= 0.6 is 0 Å². The summed E-state index contributed by atoms with van der Waals surface area (Å²) in [7, 11) is 0. The fourth-order valence-electron chi connectivity index (χ4n) is 5.35. The number of carbonyl (C=O) groups excluding carboxylic acids is 1. The Balaban J connectivity index is 1.69. The maximum atomic E-state index is 14.2. The fourth-order valence-corrected chi connectivity index (χ4v) is 5.35. The molecule has 0 aliphatic carbocycles. The maximum absolute atomic E-state index is 14.2. The third-order valence-electron chi connectivity index (χ3n) is 6.91. The van der Waals surface area contributed by atoms with Gasteiger partial charge in [0.15, 0.2) is 0 Å². The monoisotopic (exact) mass is 450 g/mol. The molecule has 2 aliphatic rings. The van der Waals surface area contributed by atoms with Crippen molar-refractivity contribution >= 4 is 17.3 Å². The van der Waals surface area contributed by atoms with Crippen molar-refractivity contribution in [2.75, 3.05) is 5.01 Å². The number of fused-ring (bicyclic) bond motifs is 5. The Morgan fingerprint density at radius 2 is 1.56 bits per heavy atom. The molecule has 1 spiro atoms. The van der Waals surface area contributed by atoms with Crippen LogP contribution in [0.2, 0.25) is 0 Å². The second kappa shape index (κ2) is 6.81. The molecular formula is C27H22N4O3. The molecule has 1 N–H and O–H groups in total. The molecular weight excluding hydrogens is 428 g/mol. The van der Waals surface area contributed by atoms with Gasteiger partial charge in [-0.1, -0.05) is 54.6 Å². The van der Waals surface area contributed by atoms with Gasteiger partial charge >= 0.3 is 0 Å². The van der Waals surface area contributed by atoms with Crippen LogP contribution in [-0.2, 0) is 10.3 Å². The quantitative estimate of drug-likeness (QED) is 0.499. The first-order valence-corrected chi connectivity index (χ1v) is 11.1. The normalized spacial score (nSPS) is 18.4. The van der Waals surface area contributed by atoms with E-state index in [0.717, 1.165) is 0 Å². The molecule has 1 amide bonds. The number of amides is 1. The standard InChI is InChI=1S/C27H22N4O3/c1-16-10-9-13-20(24(16)32)23-17(2)31-27(21-14-7-8-15-22(21)30(31)25(23)33)18(3)28-29(26(27)34)19-11-5-4-6-12-19/h4-15,32H,1-3H3. The van der Waals surface area contributed by atoms with Crippen LogP contribution in [-0.4, -0.2) is 26.1 Å². The van der Waals surface area contributed by atoms with E-state index in [1.165, 1.54) is 5.01 Å². The predicted octanol–water partition coefficient (Wildman–Crippen LogP) is 4.11. The van der Waals surface area contributed by atoms with Gasteiger partial charge in [0.05, 0.1) is 22.6 Å². The van der Waals surface area contributed by atoms with Crippen molar-refractivity contribution in [1.29, 1.82) is 0 Å². The number of nitrogens with zero attached hydrogens (tertiary/aromatic N) is 4. The molecule has 0 radical (unpaired) electrons. The van der Waals surface area contributed by atoms with Gasteiger partial charge in [0, 0.05) is 16.8 Å². The number of para-hydroxylation sites is 3. The van der Waals surface area contributed by atoms with Crippen molar-refractivity contribution in [3.05, 3.63) is 100.0 Å². The highest BCUT2D eigenvalue weighted by Gasteiger charge is 2.59. The predicted molar refractivity (Wildman–Crippen MR) is 131 cm³/mol. The van der Waals surface area contributed by atoms with Gasteiger partial charge in [-0.05, 0) is 44.5 Å². The number of rotatable bonds is 2. The number of phenolic OH excluding ortho intramolecular Hbond substituents is 1. The number of anilines is 1. The highest BCUT2D eigenvalue weighted by Crippen LogP contribution is 2.46. The first kappa shape index (κ1) is 20.2. The van der Waals surface area contributed by atoms with Crippen LogP contribution in [0.4, 0.5) is 5.69 Å². The summed E-state index contributed by atoms with van der Waals surface area (Å²) in [6.45, 7) is 5.43. The number of phenols is 1. The number of hydrazone groups is 1. The van der Waals surface area contributed by atoms with Gasteiger partial charge in [-0.2, -0.15) is 10.1 Å². The molecule has 0 saturated heterocycles. The molecule has 2 aliphatic heterocycles. The number of benzene rings is 3. The highest BCUT2D eigenvalue weighted by atomic mass is 16.3. The molecule has 3 heterocycles. The van der Waals surface area contributed by atoms with Crippen molar-refractivity contribution in [3.8, 4) is 22.6 Å². The Morgan fingerprint density at radius 3 is 2.32 bits per heavy atom. The first-order valence-electron chi connectivity index (χ1n) is 11.1. The van der Waals surface area contributed by atoms with E-state index in [0.29, 0.717) is 45.0 Å². The summed E-state index contributed by atoms with van der Waals surface area (Å²) in [6.07, 6.45) is 0. The van der Waals surface area contributed by atoms with E-state index in [-0.39, 0.29) is 17.2 Å². The van der Waals surface area contributed by atoms with E-state index in [9.17, 15) is 14.7 Å². The summed E-state index contributed by atoms with van der Waals surface area (Å²) in [6, 6.07) is 22.0. The summed E-state index contributed by atoms with van der Waals surface area (Å²) < 4.78 is 3.30. The second-order valence-corrected chi connectivity index (χ2v) is 8.73. The van der Waals surface area contributed by atoms with Gasteiger partial charge in [-0.3, -0.25) is 14.3 Å². The van der Waals surface area contributed by atoms with Gasteiger partial charge in [-0.15, -0.1) is 0 Å². The molecule has 1 unspecified atom stereocenters. The molecule has 6 rings (SSSR count). The Bertz CT molecular complexity index is 1600. The van der Waals surface area contributed by atoms with Crippen molar-refractivity contribution in [2.24, 2.45) is 5.10 Å². The molecule has 0 bridgehead atoms. The number of aromatic hydroxyl groups is 1. The third-order valence-corrected chi connectivity index (χ3v) is 6.91. The van der Waals surface area contributed by atoms with Gasteiger partial charge in [-0.25, -0.2) is 4.68 Å². The SMILES string of the molecule is CC1=NN(c2ccccc2)C(=O)C12c1ccccc1-n1c(=O)c(-c3cccc(C)c3O)c(C)n12. The lowest BCUT2D eigenvalue weighted by atomic mass is 9.85. The molecule has 7 nitrogen and oxygen atoms in total. The highest BCUT2D eigenvalue weighted by molar-refractivity contribution is 6.23. The summed E-state index contributed by atoms with van der Waals surface area (Å²) >= 11 is 0. The summed E-state index contributed by atoms with van der Waals surface area (Å²) in [5, 5.41) is 16.9. The number of hydrogen-bond acceptors (Lipinski definition) is 4. The van der Waals surface area contributed by atoms with Gasteiger partial charge in [0.2, 0.25) is 5.54 Å². The molecule has 1 aromatic heterocycles. The number of aryl methyl sites for hydroxylation is 1. The molecule has 3 aromatic carbocycles. The van der Waals surface area contributed by atoms with E-state index in [4.69, 9.17) is 0 Å². The summed E-state index contributed by atoms with van der Waals surface area (Å²) in [4.78, 5) is 28.1. The fraction of sp³-hybridized carbons (Fsp3) is 0.148. The molecule has 4 aromatic rings. The molecule has 34 heavy (non-hydrogen) atoms. The van der Waals surface area contributed by atoms with Crippen LogP contribution in [0, 0.1) is 13.8 Å². The van der Waals surface area contributed by atoms with Crippen LogP contribution in [0.3, 0.4) is 0 Å². The lowest BCUT2D eigenvalue weighted by molar-refractivity contribution is -0.122. The van der Waals surface area contributed by atoms with E-state index in [1.54, 1.807) is 28.4 Å².